The van der Waals surface area contributed by atoms with Gasteiger partial charge in [-0.3, -0.25) is 9.78 Å². The lowest BCUT2D eigenvalue weighted by atomic mass is 10.00. The van der Waals surface area contributed by atoms with Crippen LogP contribution in [0.2, 0.25) is 0 Å². The maximum absolute atomic E-state index is 12.2. The summed E-state index contributed by atoms with van der Waals surface area (Å²) in [7, 11) is 0. The lowest BCUT2D eigenvalue weighted by Crippen LogP contribution is -2.60. The smallest absolute Gasteiger partial charge is 0.322 e. The molecule has 0 bridgehead atoms. The first-order valence-electron chi connectivity index (χ1n) is 6.35. The number of hydrogen-bond donors (Lipinski definition) is 2. The van der Waals surface area contributed by atoms with Gasteiger partial charge in [-0.25, -0.2) is 4.79 Å². The average molecular weight is 262 g/mol. The van der Waals surface area contributed by atoms with Gasteiger partial charge in [0.15, 0.2) is 0 Å². The summed E-state index contributed by atoms with van der Waals surface area (Å²) in [4.78, 5) is 29.6. The van der Waals surface area contributed by atoms with Crippen LogP contribution in [0.1, 0.15) is 13.8 Å². The summed E-state index contributed by atoms with van der Waals surface area (Å²) < 4.78 is 0. The number of piperazine rings is 1. The summed E-state index contributed by atoms with van der Waals surface area (Å²) in [5, 5.41) is 5.58. The third-order valence-corrected chi connectivity index (χ3v) is 3.08. The van der Waals surface area contributed by atoms with Gasteiger partial charge in [-0.15, -0.1) is 0 Å². The molecule has 0 saturated carbocycles. The van der Waals surface area contributed by atoms with Crippen LogP contribution in [0.4, 0.5) is 10.5 Å². The van der Waals surface area contributed by atoms with E-state index in [-0.39, 0.29) is 17.9 Å². The Bertz CT molecular complexity index is 461. The predicted octanol–water partition coefficient (Wildman–Crippen LogP) is 1.07. The number of hydrogen-bond acceptors (Lipinski definition) is 3. The highest BCUT2D eigenvalue weighted by molar-refractivity contribution is 5.94. The van der Waals surface area contributed by atoms with E-state index in [1.165, 1.54) is 0 Å². The lowest BCUT2D eigenvalue weighted by molar-refractivity contribution is -0.129. The number of nitrogens with zero attached hydrogens (tertiary/aromatic N) is 2. The van der Waals surface area contributed by atoms with Crippen molar-refractivity contribution in [3.05, 3.63) is 24.5 Å². The number of carbonyl (C=O) groups excluding carboxylic acids is 2. The standard InChI is InChI=1S/C13H18N4O2/c1-9(2)11-12(18)15-7-8-17(11)13(19)16-10-3-5-14-6-4-10/h3-6,9,11H,7-8H2,1-2H3,(H,15,18)(H,14,16,19)/t11-/m0/s1. The number of pyridine rings is 1. The van der Waals surface area contributed by atoms with E-state index >= 15 is 0 Å². The fourth-order valence-electron chi connectivity index (χ4n) is 2.21. The number of rotatable bonds is 2. The van der Waals surface area contributed by atoms with Crippen LogP contribution in [0.3, 0.4) is 0 Å². The minimum atomic E-state index is -0.421. The van der Waals surface area contributed by atoms with Gasteiger partial charge in [0.1, 0.15) is 6.04 Å². The molecular weight excluding hydrogens is 244 g/mol. The summed E-state index contributed by atoms with van der Waals surface area (Å²) in [5.41, 5.74) is 0.675. The molecule has 102 valence electrons. The average Bonchev–Trinajstić information content (AvgIpc) is 2.39. The lowest BCUT2D eigenvalue weighted by Gasteiger charge is -2.37. The van der Waals surface area contributed by atoms with Crippen molar-refractivity contribution in [2.75, 3.05) is 18.4 Å². The van der Waals surface area contributed by atoms with E-state index in [1.54, 1.807) is 29.4 Å². The molecule has 2 N–H and O–H groups in total. The first-order valence-corrected chi connectivity index (χ1v) is 6.35. The third-order valence-electron chi connectivity index (χ3n) is 3.08. The topological polar surface area (TPSA) is 74.3 Å². The Kier molecular flexibility index (Phi) is 3.99. The molecule has 0 spiro atoms. The molecular formula is C13H18N4O2. The van der Waals surface area contributed by atoms with Crippen molar-refractivity contribution in [3.63, 3.8) is 0 Å². The fraction of sp³-hybridized carbons (Fsp3) is 0.462. The second-order valence-corrected chi connectivity index (χ2v) is 4.84. The van der Waals surface area contributed by atoms with Crippen LogP contribution < -0.4 is 10.6 Å². The van der Waals surface area contributed by atoms with E-state index in [0.29, 0.717) is 18.8 Å². The second-order valence-electron chi connectivity index (χ2n) is 4.84. The van der Waals surface area contributed by atoms with Crippen LogP contribution >= 0.6 is 0 Å². The molecule has 0 aliphatic carbocycles. The highest BCUT2D eigenvalue weighted by Gasteiger charge is 2.35. The largest absolute Gasteiger partial charge is 0.353 e. The normalized spacial score (nSPS) is 19.2. The van der Waals surface area contributed by atoms with Crippen molar-refractivity contribution in [1.29, 1.82) is 0 Å². The molecule has 6 nitrogen and oxygen atoms in total. The molecule has 0 unspecified atom stereocenters. The summed E-state index contributed by atoms with van der Waals surface area (Å²) in [6, 6.07) is 2.76. The Morgan fingerprint density at radius 2 is 2.16 bits per heavy atom. The molecule has 1 saturated heterocycles. The molecule has 2 rings (SSSR count). The van der Waals surface area contributed by atoms with E-state index < -0.39 is 6.04 Å². The molecule has 1 aromatic rings. The summed E-state index contributed by atoms with van der Waals surface area (Å²) in [6.45, 7) is 4.88. The molecule has 0 aromatic carbocycles. The van der Waals surface area contributed by atoms with Gasteiger partial charge in [-0.2, -0.15) is 0 Å². The summed E-state index contributed by atoms with van der Waals surface area (Å²) >= 11 is 0. The maximum atomic E-state index is 12.2. The second kappa shape index (κ2) is 5.69. The number of anilines is 1. The highest BCUT2D eigenvalue weighted by atomic mass is 16.2. The predicted molar refractivity (Wildman–Crippen MR) is 71.6 cm³/mol. The first-order chi connectivity index (χ1) is 9.09. The van der Waals surface area contributed by atoms with E-state index in [4.69, 9.17) is 0 Å². The molecule has 1 atom stereocenters. The molecule has 6 heteroatoms. The van der Waals surface area contributed by atoms with Crippen molar-refractivity contribution in [3.8, 4) is 0 Å². The zero-order valence-electron chi connectivity index (χ0n) is 11.1. The number of amides is 3. The number of urea groups is 1. The summed E-state index contributed by atoms with van der Waals surface area (Å²) in [5.74, 6) is -0.0189. The zero-order valence-corrected chi connectivity index (χ0v) is 11.1. The molecule has 1 fully saturated rings. The molecule has 1 aliphatic rings. The van der Waals surface area contributed by atoms with Crippen molar-refractivity contribution < 1.29 is 9.59 Å². The monoisotopic (exact) mass is 262 g/mol. The van der Waals surface area contributed by atoms with Crippen LogP contribution in [0.25, 0.3) is 0 Å². The minimum Gasteiger partial charge on any atom is -0.353 e. The SMILES string of the molecule is CC(C)[C@H]1C(=O)NCCN1C(=O)Nc1ccncc1. The molecule has 0 radical (unpaired) electrons. The quantitative estimate of drug-likeness (QED) is 0.837. The van der Waals surface area contributed by atoms with Crippen LogP contribution in [-0.2, 0) is 4.79 Å². The number of nitrogens with one attached hydrogen (secondary N) is 2. The molecule has 2 heterocycles. The van der Waals surface area contributed by atoms with Gasteiger partial charge in [-0.05, 0) is 18.1 Å². The molecule has 19 heavy (non-hydrogen) atoms. The Labute approximate surface area is 112 Å². The van der Waals surface area contributed by atoms with Crippen LogP contribution in [0, 0.1) is 5.92 Å². The van der Waals surface area contributed by atoms with Crippen LogP contribution in [0.5, 0.6) is 0 Å². The number of carbonyl (C=O) groups is 2. The van der Waals surface area contributed by atoms with Gasteiger partial charge >= 0.3 is 6.03 Å². The van der Waals surface area contributed by atoms with Crippen LogP contribution in [-0.4, -0.2) is 41.0 Å². The minimum absolute atomic E-state index is 0.0727. The van der Waals surface area contributed by atoms with Crippen molar-refractivity contribution >= 4 is 17.6 Å². The van der Waals surface area contributed by atoms with Gasteiger partial charge in [-0.1, -0.05) is 13.8 Å². The highest BCUT2D eigenvalue weighted by Crippen LogP contribution is 2.16. The van der Waals surface area contributed by atoms with E-state index in [9.17, 15) is 9.59 Å². The van der Waals surface area contributed by atoms with Gasteiger partial charge in [0.05, 0.1) is 0 Å². The van der Waals surface area contributed by atoms with Gasteiger partial charge < -0.3 is 15.5 Å². The van der Waals surface area contributed by atoms with Crippen LogP contribution in [0.15, 0.2) is 24.5 Å². The van der Waals surface area contributed by atoms with Crippen molar-refractivity contribution in [2.45, 2.75) is 19.9 Å². The van der Waals surface area contributed by atoms with Crippen molar-refractivity contribution in [1.82, 2.24) is 15.2 Å². The Hall–Kier alpha value is -2.11. The first kappa shape index (κ1) is 13.3. The maximum Gasteiger partial charge on any atom is 0.322 e. The zero-order chi connectivity index (χ0) is 13.8. The van der Waals surface area contributed by atoms with Gasteiger partial charge in [0.25, 0.3) is 0 Å². The van der Waals surface area contributed by atoms with Gasteiger partial charge in [0, 0.05) is 31.2 Å². The van der Waals surface area contributed by atoms with Gasteiger partial charge in [0.2, 0.25) is 5.91 Å². The molecule has 1 aromatic heterocycles. The van der Waals surface area contributed by atoms with E-state index in [0.717, 1.165) is 0 Å². The number of aromatic nitrogens is 1. The van der Waals surface area contributed by atoms with Crippen molar-refractivity contribution in [2.24, 2.45) is 5.92 Å². The fourth-order valence-corrected chi connectivity index (χ4v) is 2.21. The molecule has 1 aliphatic heterocycles. The Balaban J connectivity index is 2.10. The summed E-state index contributed by atoms with van der Waals surface area (Å²) in [6.07, 6.45) is 3.22. The Morgan fingerprint density at radius 3 is 2.79 bits per heavy atom. The third kappa shape index (κ3) is 3.01. The Morgan fingerprint density at radius 1 is 1.47 bits per heavy atom. The van der Waals surface area contributed by atoms with E-state index in [1.807, 2.05) is 13.8 Å². The van der Waals surface area contributed by atoms with E-state index in [2.05, 4.69) is 15.6 Å². The molecule has 3 amide bonds.